The molecule has 6 heteroatoms. The van der Waals surface area contributed by atoms with Gasteiger partial charge in [-0.25, -0.2) is 12.8 Å². The van der Waals surface area contributed by atoms with E-state index in [0.717, 1.165) is 24.7 Å². The Kier molecular flexibility index (Phi) is 4.27. The van der Waals surface area contributed by atoms with Crippen molar-refractivity contribution in [3.8, 4) is 0 Å². The quantitative estimate of drug-likeness (QED) is 0.923. The van der Waals surface area contributed by atoms with Crippen LogP contribution in [-0.2, 0) is 9.84 Å². The first kappa shape index (κ1) is 16.8. The first-order valence-electron chi connectivity index (χ1n) is 7.75. The van der Waals surface area contributed by atoms with E-state index >= 15 is 0 Å². The molecule has 4 nitrogen and oxygen atoms in total. The molecule has 1 heterocycles. The molecule has 0 spiro atoms. The molecule has 1 aromatic heterocycles. The Bertz CT molecular complexity index is 976. The number of pyridine rings is 1. The zero-order valence-electron chi connectivity index (χ0n) is 13.6. The molecule has 0 saturated heterocycles. The fraction of sp³-hybridized carbons (Fsp3) is 0.278. The SMILES string of the molecule is CC(N)c1nc2ccc(F)cc2c(S(C)(=O)=O)c1C1=CCCC=C1. The lowest BCUT2D eigenvalue weighted by atomic mass is 9.94. The Morgan fingerprint density at radius 1 is 1.29 bits per heavy atom. The van der Waals surface area contributed by atoms with Crippen LogP contribution in [0.1, 0.15) is 37.1 Å². The Morgan fingerprint density at radius 2 is 2.04 bits per heavy atom. The van der Waals surface area contributed by atoms with Crippen molar-refractivity contribution in [1.82, 2.24) is 4.98 Å². The fourth-order valence-corrected chi connectivity index (χ4v) is 4.17. The molecule has 0 fully saturated rings. The molecule has 0 amide bonds. The van der Waals surface area contributed by atoms with E-state index in [-0.39, 0.29) is 10.3 Å². The number of benzene rings is 1. The molecule has 1 unspecified atom stereocenters. The molecule has 2 N–H and O–H groups in total. The molecule has 0 aliphatic heterocycles. The van der Waals surface area contributed by atoms with E-state index in [1.807, 2.05) is 18.2 Å². The minimum absolute atomic E-state index is 0.0945. The summed E-state index contributed by atoms with van der Waals surface area (Å²) in [5.41, 5.74) is 8.26. The highest BCUT2D eigenvalue weighted by Crippen LogP contribution is 2.36. The minimum Gasteiger partial charge on any atom is -0.323 e. The predicted octanol–water partition coefficient (Wildman–Crippen LogP) is 3.53. The van der Waals surface area contributed by atoms with E-state index < -0.39 is 21.7 Å². The Morgan fingerprint density at radius 3 is 2.62 bits per heavy atom. The van der Waals surface area contributed by atoms with Crippen LogP contribution in [0.5, 0.6) is 0 Å². The van der Waals surface area contributed by atoms with Crippen molar-refractivity contribution < 1.29 is 12.8 Å². The molecule has 126 valence electrons. The van der Waals surface area contributed by atoms with Gasteiger partial charge >= 0.3 is 0 Å². The molecule has 0 radical (unpaired) electrons. The highest BCUT2D eigenvalue weighted by Gasteiger charge is 2.26. The summed E-state index contributed by atoms with van der Waals surface area (Å²) in [6.07, 6.45) is 8.70. The number of nitrogens with zero attached hydrogens (tertiary/aromatic N) is 1. The van der Waals surface area contributed by atoms with Crippen molar-refractivity contribution in [3.05, 3.63) is 53.5 Å². The second-order valence-electron chi connectivity index (χ2n) is 6.06. The Balaban J connectivity index is 2.52. The number of rotatable bonds is 3. The molecule has 1 aliphatic carbocycles. The normalized spacial score (nSPS) is 16.2. The summed E-state index contributed by atoms with van der Waals surface area (Å²) in [7, 11) is -3.62. The van der Waals surface area contributed by atoms with Gasteiger partial charge in [0.2, 0.25) is 0 Å². The summed E-state index contributed by atoms with van der Waals surface area (Å²) in [6.45, 7) is 1.76. The smallest absolute Gasteiger partial charge is 0.176 e. The van der Waals surface area contributed by atoms with E-state index in [2.05, 4.69) is 4.98 Å². The Labute approximate surface area is 140 Å². The van der Waals surface area contributed by atoms with Gasteiger partial charge in [0.25, 0.3) is 0 Å². The van der Waals surface area contributed by atoms with E-state index in [9.17, 15) is 12.8 Å². The Hall–Kier alpha value is -2.05. The number of allylic oxidation sites excluding steroid dienone is 4. The third kappa shape index (κ3) is 2.99. The van der Waals surface area contributed by atoms with Crippen LogP contribution in [0.3, 0.4) is 0 Å². The van der Waals surface area contributed by atoms with Gasteiger partial charge in [-0.05, 0) is 43.5 Å². The van der Waals surface area contributed by atoms with Gasteiger partial charge in [-0.3, -0.25) is 4.98 Å². The molecule has 24 heavy (non-hydrogen) atoms. The van der Waals surface area contributed by atoms with Gasteiger partial charge in [-0.2, -0.15) is 0 Å². The molecule has 1 atom stereocenters. The topological polar surface area (TPSA) is 73.0 Å². The van der Waals surface area contributed by atoms with E-state index in [1.54, 1.807) is 6.92 Å². The molecule has 1 aromatic carbocycles. The largest absolute Gasteiger partial charge is 0.323 e. The highest BCUT2D eigenvalue weighted by molar-refractivity contribution is 7.91. The van der Waals surface area contributed by atoms with Crippen LogP contribution in [-0.4, -0.2) is 19.7 Å². The molecule has 1 aliphatic rings. The maximum Gasteiger partial charge on any atom is 0.176 e. The molecule has 0 bridgehead atoms. The van der Waals surface area contributed by atoms with Gasteiger partial charge in [-0.15, -0.1) is 0 Å². The van der Waals surface area contributed by atoms with Crippen LogP contribution in [0, 0.1) is 5.82 Å². The lowest BCUT2D eigenvalue weighted by Gasteiger charge is -2.20. The first-order valence-corrected chi connectivity index (χ1v) is 9.64. The minimum atomic E-state index is -3.62. The summed E-state index contributed by atoms with van der Waals surface area (Å²) in [6, 6.07) is 3.53. The van der Waals surface area contributed by atoms with Crippen molar-refractivity contribution in [1.29, 1.82) is 0 Å². The highest BCUT2D eigenvalue weighted by atomic mass is 32.2. The maximum absolute atomic E-state index is 13.8. The second-order valence-corrected chi connectivity index (χ2v) is 8.02. The van der Waals surface area contributed by atoms with Crippen molar-refractivity contribution in [2.75, 3.05) is 6.26 Å². The zero-order valence-corrected chi connectivity index (χ0v) is 14.4. The lowest BCUT2D eigenvalue weighted by Crippen LogP contribution is -2.15. The molecular formula is C18H19FN2O2S. The number of aromatic nitrogens is 1. The fourth-order valence-electron chi connectivity index (χ4n) is 3.02. The molecule has 0 saturated carbocycles. The van der Waals surface area contributed by atoms with Crippen molar-refractivity contribution in [3.63, 3.8) is 0 Å². The first-order chi connectivity index (χ1) is 11.3. The summed E-state index contributed by atoms with van der Waals surface area (Å²) in [5, 5.41) is 0.289. The van der Waals surface area contributed by atoms with Crippen LogP contribution in [0.2, 0.25) is 0 Å². The van der Waals surface area contributed by atoms with Crippen LogP contribution < -0.4 is 5.73 Å². The monoisotopic (exact) mass is 346 g/mol. The third-order valence-corrected chi connectivity index (χ3v) is 5.18. The van der Waals surface area contributed by atoms with Crippen molar-refractivity contribution in [2.24, 2.45) is 5.73 Å². The van der Waals surface area contributed by atoms with Crippen molar-refractivity contribution in [2.45, 2.75) is 30.7 Å². The van der Waals surface area contributed by atoms with Gasteiger partial charge in [0.1, 0.15) is 5.82 Å². The van der Waals surface area contributed by atoms with Gasteiger partial charge in [-0.1, -0.05) is 18.2 Å². The molecule has 3 rings (SSSR count). The van der Waals surface area contributed by atoms with Crippen LogP contribution in [0.25, 0.3) is 16.5 Å². The summed E-state index contributed by atoms with van der Waals surface area (Å²) >= 11 is 0. The summed E-state index contributed by atoms with van der Waals surface area (Å²) < 4.78 is 38.9. The number of nitrogens with two attached hydrogens (primary N) is 1. The van der Waals surface area contributed by atoms with Gasteiger partial charge in [0, 0.05) is 23.2 Å². The summed E-state index contributed by atoms with van der Waals surface area (Å²) in [5.74, 6) is -0.498. The van der Waals surface area contributed by atoms with Gasteiger partial charge in [0.15, 0.2) is 9.84 Å². The average Bonchev–Trinajstić information content (AvgIpc) is 2.52. The lowest BCUT2D eigenvalue weighted by molar-refractivity contribution is 0.601. The number of sulfone groups is 1. The van der Waals surface area contributed by atoms with E-state index in [4.69, 9.17) is 5.73 Å². The number of hydrogen-bond donors (Lipinski definition) is 1. The summed E-state index contributed by atoms with van der Waals surface area (Å²) in [4.78, 5) is 4.63. The standard InChI is InChI=1S/C18H19FN2O2S/c1-11(20)17-16(12-6-4-3-5-7-12)18(24(2,22)23)14-10-13(19)8-9-15(14)21-17/h4,6-11H,3,5,20H2,1-2H3. The second kappa shape index (κ2) is 6.11. The van der Waals surface area contributed by atoms with Gasteiger partial charge in [0.05, 0.1) is 16.1 Å². The van der Waals surface area contributed by atoms with Crippen LogP contribution in [0.15, 0.2) is 41.3 Å². The van der Waals surface area contributed by atoms with Crippen LogP contribution in [0.4, 0.5) is 4.39 Å². The van der Waals surface area contributed by atoms with Crippen molar-refractivity contribution >= 4 is 26.3 Å². The number of hydrogen-bond acceptors (Lipinski definition) is 4. The number of fused-ring (bicyclic) bond motifs is 1. The van der Waals surface area contributed by atoms with E-state index in [1.165, 1.54) is 18.2 Å². The number of halogens is 1. The maximum atomic E-state index is 13.8. The zero-order chi connectivity index (χ0) is 17.5. The molecule has 2 aromatic rings. The van der Waals surface area contributed by atoms with E-state index in [0.29, 0.717) is 16.8 Å². The molecular weight excluding hydrogens is 327 g/mol. The predicted molar refractivity (Wildman–Crippen MR) is 93.8 cm³/mol. The average molecular weight is 346 g/mol. The van der Waals surface area contributed by atoms with Gasteiger partial charge < -0.3 is 5.73 Å². The van der Waals surface area contributed by atoms with Crippen LogP contribution >= 0.6 is 0 Å². The third-order valence-electron chi connectivity index (χ3n) is 4.01.